The van der Waals surface area contributed by atoms with Gasteiger partial charge in [0.2, 0.25) is 0 Å². The smallest absolute Gasteiger partial charge is 0.410 e. The van der Waals surface area contributed by atoms with Crippen LogP contribution in [0.15, 0.2) is 53.5 Å². The summed E-state index contributed by atoms with van der Waals surface area (Å²) in [5.74, 6) is 1.69. The monoisotopic (exact) mass is 674 g/mol. The van der Waals surface area contributed by atoms with E-state index in [1.54, 1.807) is 17.2 Å². The van der Waals surface area contributed by atoms with Crippen LogP contribution < -0.4 is 5.69 Å². The molecule has 3 aliphatic heterocycles. The normalized spacial score (nSPS) is 19.5. The van der Waals surface area contributed by atoms with E-state index in [0.717, 1.165) is 48.0 Å². The number of benzene rings is 2. The van der Waals surface area contributed by atoms with E-state index in [4.69, 9.17) is 16.3 Å². The van der Waals surface area contributed by atoms with Crippen molar-refractivity contribution in [1.29, 1.82) is 0 Å². The van der Waals surface area contributed by atoms with Crippen molar-refractivity contribution in [2.75, 3.05) is 46.3 Å². The summed E-state index contributed by atoms with van der Waals surface area (Å²) in [5, 5.41) is 12.9. The Morgan fingerprint density at radius 1 is 0.938 bits per heavy atom. The van der Waals surface area contributed by atoms with Gasteiger partial charge in [-0.05, 0) is 88.2 Å². The molecule has 0 spiro atoms. The lowest BCUT2D eigenvalue weighted by Gasteiger charge is -2.40. The number of nitrogens with one attached hydrogen (secondary N) is 2. The Balaban J connectivity index is 1.01. The van der Waals surface area contributed by atoms with Crippen molar-refractivity contribution in [2.24, 2.45) is 11.8 Å². The number of halogens is 1. The zero-order chi connectivity index (χ0) is 33.2. The SMILES string of the molecule is CN1CCC(C2CCN(C(=O)[C@@H](Cc3cc(Cl)c4[nH]ncc4c3)OC(=O)N3CCC(n4nc(-c5ccccc5)[nH]c4=O)CC3)CC2)CC1. The lowest BCUT2D eigenvalue weighted by molar-refractivity contribution is -0.142. The zero-order valence-electron chi connectivity index (χ0n) is 27.3. The first-order valence-corrected chi connectivity index (χ1v) is 17.5. The molecule has 7 rings (SSSR count). The molecular weight excluding hydrogens is 632 g/mol. The minimum atomic E-state index is -0.988. The standard InChI is InChI=1S/C35H43ClN8O4/c1-41-13-7-24(8-14-41)25-9-15-42(16-10-25)33(45)30(21-23-19-27-22-37-39-31(27)29(36)20-23)48-35(47)43-17-11-28(12-18-43)44-34(46)38-32(40-44)26-5-3-2-4-6-26/h2-6,19-20,22,24-25,28,30H,7-18,21H2,1H3,(H,37,39)(H,38,40,46)/t30-/m1/s1. The van der Waals surface area contributed by atoms with Crippen molar-refractivity contribution < 1.29 is 14.3 Å². The number of hydrogen-bond acceptors (Lipinski definition) is 7. The van der Waals surface area contributed by atoms with Gasteiger partial charge in [0.05, 0.1) is 22.8 Å². The molecule has 1 atom stereocenters. The molecule has 48 heavy (non-hydrogen) atoms. The van der Waals surface area contributed by atoms with E-state index in [0.29, 0.717) is 61.7 Å². The Kier molecular flexibility index (Phi) is 9.54. The van der Waals surface area contributed by atoms with Gasteiger partial charge in [-0.1, -0.05) is 41.9 Å². The number of aromatic nitrogens is 5. The van der Waals surface area contributed by atoms with Gasteiger partial charge in [-0.2, -0.15) is 5.10 Å². The second-order valence-electron chi connectivity index (χ2n) is 13.6. The number of H-pyrrole nitrogens is 2. The Labute approximate surface area is 284 Å². The Morgan fingerprint density at radius 3 is 2.31 bits per heavy atom. The summed E-state index contributed by atoms with van der Waals surface area (Å²) < 4.78 is 7.55. The highest BCUT2D eigenvalue weighted by Crippen LogP contribution is 2.33. The van der Waals surface area contributed by atoms with Gasteiger partial charge in [-0.25, -0.2) is 14.3 Å². The first kappa shape index (κ1) is 32.4. The fourth-order valence-electron chi connectivity index (χ4n) is 7.68. The summed E-state index contributed by atoms with van der Waals surface area (Å²) >= 11 is 6.54. The third-order valence-electron chi connectivity index (χ3n) is 10.5. The molecule has 4 aromatic rings. The average molecular weight is 675 g/mol. The molecule has 3 aliphatic rings. The lowest BCUT2D eigenvalue weighted by Crippen LogP contribution is -2.49. The number of hydrogen-bond donors (Lipinski definition) is 2. The summed E-state index contributed by atoms with van der Waals surface area (Å²) in [4.78, 5) is 49.2. The minimum absolute atomic E-state index is 0.151. The van der Waals surface area contributed by atoms with E-state index >= 15 is 0 Å². The quantitative estimate of drug-likeness (QED) is 0.290. The average Bonchev–Trinajstić information content (AvgIpc) is 3.76. The molecule has 0 aliphatic carbocycles. The van der Waals surface area contributed by atoms with Gasteiger partial charge in [0, 0.05) is 43.5 Å². The molecule has 2 amide bonds. The van der Waals surface area contributed by atoms with Crippen molar-refractivity contribution in [1.82, 2.24) is 39.7 Å². The van der Waals surface area contributed by atoms with Crippen LogP contribution in [0.4, 0.5) is 4.79 Å². The number of carbonyl (C=O) groups excluding carboxylic acids is 2. The number of carbonyl (C=O) groups is 2. The maximum atomic E-state index is 14.1. The van der Waals surface area contributed by atoms with Crippen LogP contribution in [0.5, 0.6) is 0 Å². The maximum absolute atomic E-state index is 14.1. The number of fused-ring (bicyclic) bond motifs is 1. The van der Waals surface area contributed by atoms with Crippen molar-refractivity contribution in [3.05, 3.63) is 69.7 Å². The Bertz CT molecular complexity index is 1780. The van der Waals surface area contributed by atoms with Crippen LogP contribution in [0.3, 0.4) is 0 Å². The zero-order valence-corrected chi connectivity index (χ0v) is 28.1. The molecular formula is C35H43ClN8O4. The highest BCUT2D eigenvalue weighted by molar-refractivity contribution is 6.35. The third-order valence-corrected chi connectivity index (χ3v) is 10.8. The Hall–Kier alpha value is -4.16. The molecule has 0 saturated carbocycles. The summed E-state index contributed by atoms with van der Waals surface area (Å²) in [5.41, 5.74) is 2.09. The molecule has 13 heteroatoms. The molecule has 3 saturated heterocycles. The van der Waals surface area contributed by atoms with Crippen LogP contribution >= 0.6 is 11.6 Å². The fourth-order valence-corrected chi connectivity index (χ4v) is 7.97. The second kappa shape index (κ2) is 14.1. The maximum Gasteiger partial charge on any atom is 0.410 e. The molecule has 2 N–H and O–H groups in total. The third kappa shape index (κ3) is 7.00. The molecule has 0 bridgehead atoms. The number of amides is 2. The van der Waals surface area contributed by atoms with Gasteiger partial charge < -0.3 is 19.4 Å². The molecule has 254 valence electrons. The molecule has 0 unspecified atom stereocenters. The topological polar surface area (TPSA) is 132 Å². The molecule has 3 fully saturated rings. The van der Waals surface area contributed by atoms with Gasteiger partial charge in [-0.15, -0.1) is 5.10 Å². The van der Waals surface area contributed by atoms with Crippen LogP contribution in [-0.4, -0.2) is 104 Å². The predicted molar refractivity (Wildman–Crippen MR) is 183 cm³/mol. The number of rotatable bonds is 7. The van der Waals surface area contributed by atoms with Crippen LogP contribution in [0.1, 0.15) is 50.1 Å². The van der Waals surface area contributed by atoms with E-state index < -0.39 is 12.2 Å². The van der Waals surface area contributed by atoms with Crippen LogP contribution in [0.2, 0.25) is 5.02 Å². The van der Waals surface area contributed by atoms with Crippen molar-refractivity contribution >= 4 is 34.5 Å². The van der Waals surface area contributed by atoms with Crippen LogP contribution in [0.25, 0.3) is 22.3 Å². The van der Waals surface area contributed by atoms with Gasteiger partial charge in [-0.3, -0.25) is 14.9 Å². The minimum Gasteiger partial charge on any atom is -0.436 e. The molecule has 2 aromatic heterocycles. The lowest BCUT2D eigenvalue weighted by atomic mass is 9.79. The van der Waals surface area contributed by atoms with E-state index in [-0.39, 0.29) is 24.1 Å². The van der Waals surface area contributed by atoms with Gasteiger partial charge >= 0.3 is 11.8 Å². The van der Waals surface area contributed by atoms with E-state index in [2.05, 4.69) is 32.2 Å². The summed E-state index contributed by atoms with van der Waals surface area (Å²) in [7, 11) is 2.18. The first-order valence-electron chi connectivity index (χ1n) is 17.1. The van der Waals surface area contributed by atoms with Crippen molar-refractivity contribution in [3.63, 3.8) is 0 Å². The van der Waals surface area contributed by atoms with Crippen molar-refractivity contribution in [3.8, 4) is 11.4 Å². The predicted octanol–water partition coefficient (Wildman–Crippen LogP) is 4.73. The molecule has 12 nitrogen and oxygen atoms in total. The fraction of sp³-hybridized carbons (Fsp3) is 0.514. The molecule has 2 aromatic carbocycles. The Morgan fingerprint density at radius 2 is 1.60 bits per heavy atom. The van der Waals surface area contributed by atoms with E-state index in [9.17, 15) is 14.4 Å². The van der Waals surface area contributed by atoms with E-state index in [1.807, 2.05) is 41.3 Å². The second-order valence-corrected chi connectivity index (χ2v) is 14.0. The first-order chi connectivity index (χ1) is 23.3. The number of aromatic amines is 2. The highest BCUT2D eigenvalue weighted by atomic mass is 35.5. The van der Waals surface area contributed by atoms with Crippen molar-refractivity contribution in [2.45, 2.75) is 57.1 Å². The number of likely N-dealkylation sites (tertiary alicyclic amines) is 3. The van der Waals surface area contributed by atoms with Crippen LogP contribution in [-0.2, 0) is 16.0 Å². The molecule has 5 heterocycles. The number of piperidine rings is 3. The van der Waals surface area contributed by atoms with E-state index in [1.165, 1.54) is 17.5 Å². The molecule has 0 radical (unpaired) electrons. The summed E-state index contributed by atoms with van der Waals surface area (Å²) in [6.07, 6.45) is 5.85. The largest absolute Gasteiger partial charge is 0.436 e. The number of ether oxygens (including phenoxy) is 1. The number of nitrogens with zero attached hydrogens (tertiary/aromatic N) is 6. The van der Waals surface area contributed by atoms with Gasteiger partial charge in [0.1, 0.15) is 0 Å². The van der Waals surface area contributed by atoms with Gasteiger partial charge in [0.15, 0.2) is 11.9 Å². The highest BCUT2D eigenvalue weighted by Gasteiger charge is 2.36. The van der Waals surface area contributed by atoms with Crippen LogP contribution in [0, 0.1) is 11.8 Å². The van der Waals surface area contributed by atoms with Gasteiger partial charge in [0.25, 0.3) is 5.91 Å². The summed E-state index contributed by atoms with van der Waals surface area (Å²) in [6.45, 7) is 4.38. The summed E-state index contributed by atoms with van der Waals surface area (Å²) in [6, 6.07) is 13.1.